The molecule has 17 heavy (non-hydrogen) atoms. The normalized spacial score (nSPS) is 18.1. The molecule has 0 bridgehead atoms. The number of rotatable bonds is 1. The zero-order valence-corrected chi connectivity index (χ0v) is 9.98. The standard InChI is InChI=1S/C13H12ClN3/c14-13-16-11-9(8-4-2-1-3-5-8)6-7-10(11)12(15)17-13/h1-5,9H,6-7H2,(H2,15,16,17). The predicted octanol–water partition coefficient (Wildman–Crippen LogP) is 2.79. The van der Waals surface area contributed by atoms with E-state index >= 15 is 0 Å². The van der Waals surface area contributed by atoms with E-state index in [0.717, 1.165) is 24.1 Å². The van der Waals surface area contributed by atoms with Gasteiger partial charge < -0.3 is 5.73 Å². The van der Waals surface area contributed by atoms with Gasteiger partial charge in [0, 0.05) is 11.5 Å². The second-order valence-electron chi connectivity index (χ2n) is 4.24. The molecule has 4 heteroatoms. The molecule has 3 rings (SSSR count). The number of nitrogens with two attached hydrogens (primary N) is 1. The van der Waals surface area contributed by atoms with Crippen molar-refractivity contribution in [2.75, 3.05) is 5.73 Å². The summed E-state index contributed by atoms with van der Waals surface area (Å²) in [4.78, 5) is 8.35. The van der Waals surface area contributed by atoms with E-state index in [-0.39, 0.29) is 5.28 Å². The summed E-state index contributed by atoms with van der Waals surface area (Å²) >= 11 is 5.88. The van der Waals surface area contributed by atoms with Crippen LogP contribution >= 0.6 is 11.6 Å². The number of nitrogens with zero attached hydrogens (tertiary/aromatic N) is 2. The minimum absolute atomic E-state index is 0.240. The summed E-state index contributed by atoms with van der Waals surface area (Å²) in [7, 11) is 0. The Labute approximate surface area is 105 Å². The first-order valence-electron chi connectivity index (χ1n) is 5.62. The van der Waals surface area contributed by atoms with Crippen LogP contribution in [-0.4, -0.2) is 9.97 Å². The summed E-state index contributed by atoms with van der Waals surface area (Å²) in [5, 5.41) is 0.240. The molecular formula is C13H12ClN3. The largest absolute Gasteiger partial charge is 0.383 e. The summed E-state index contributed by atoms with van der Waals surface area (Å²) in [6.07, 6.45) is 1.95. The summed E-state index contributed by atoms with van der Waals surface area (Å²) in [5.74, 6) is 0.826. The lowest BCUT2D eigenvalue weighted by Gasteiger charge is -2.11. The second kappa shape index (κ2) is 4.00. The fourth-order valence-electron chi connectivity index (χ4n) is 2.47. The Morgan fingerprint density at radius 1 is 1.18 bits per heavy atom. The third kappa shape index (κ3) is 1.76. The lowest BCUT2D eigenvalue weighted by atomic mass is 9.97. The third-order valence-corrected chi connectivity index (χ3v) is 3.43. The molecule has 86 valence electrons. The molecule has 1 heterocycles. The molecule has 0 saturated carbocycles. The average Bonchev–Trinajstić information content (AvgIpc) is 2.74. The van der Waals surface area contributed by atoms with Gasteiger partial charge in [-0.3, -0.25) is 0 Å². The maximum absolute atomic E-state index is 5.88. The van der Waals surface area contributed by atoms with Gasteiger partial charge >= 0.3 is 0 Å². The van der Waals surface area contributed by atoms with Crippen LogP contribution in [-0.2, 0) is 6.42 Å². The topological polar surface area (TPSA) is 51.8 Å². The van der Waals surface area contributed by atoms with Gasteiger partial charge in [-0.05, 0) is 30.0 Å². The molecule has 0 amide bonds. The Kier molecular flexibility index (Phi) is 2.48. The zero-order valence-electron chi connectivity index (χ0n) is 9.23. The molecule has 2 N–H and O–H groups in total. The van der Waals surface area contributed by atoms with Crippen molar-refractivity contribution in [1.82, 2.24) is 9.97 Å². The van der Waals surface area contributed by atoms with Crippen molar-refractivity contribution in [3.63, 3.8) is 0 Å². The van der Waals surface area contributed by atoms with Crippen molar-refractivity contribution in [2.24, 2.45) is 0 Å². The van der Waals surface area contributed by atoms with Crippen LogP contribution in [0.1, 0.15) is 29.2 Å². The lowest BCUT2D eigenvalue weighted by molar-refractivity contribution is 0.771. The van der Waals surface area contributed by atoms with Crippen molar-refractivity contribution in [1.29, 1.82) is 0 Å². The Hall–Kier alpha value is -1.61. The number of benzene rings is 1. The van der Waals surface area contributed by atoms with Crippen LogP contribution < -0.4 is 5.73 Å². The summed E-state index contributed by atoms with van der Waals surface area (Å²) < 4.78 is 0. The first kappa shape index (κ1) is 10.5. The Bertz CT molecular complexity index is 554. The minimum Gasteiger partial charge on any atom is -0.383 e. The summed E-state index contributed by atoms with van der Waals surface area (Å²) in [6.45, 7) is 0. The quantitative estimate of drug-likeness (QED) is 0.786. The molecule has 0 saturated heterocycles. The van der Waals surface area contributed by atoms with Gasteiger partial charge in [-0.2, -0.15) is 0 Å². The van der Waals surface area contributed by atoms with Gasteiger partial charge in [0.1, 0.15) is 5.82 Å². The fourth-order valence-corrected chi connectivity index (χ4v) is 2.65. The number of hydrogen-bond donors (Lipinski definition) is 1. The zero-order chi connectivity index (χ0) is 11.8. The van der Waals surface area contributed by atoms with Gasteiger partial charge in [-0.15, -0.1) is 0 Å². The van der Waals surface area contributed by atoms with Crippen LogP contribution in [0.2, 0.25) is 5.28 Å². The molecule has 2 aromatic rings. The maximum Gasteiger partial charge on any atom is 0.224 e. The van der Waals surface area contributed by atoms with Crippen LogP contribution in [0.25, 0.3) is 0 Å². The average molecular weight is 246 g/mol. The molecule has 0 aliphatic heterocycles. The predicted molar refractivity (Wildman–Crippen MR) is 68.1 cm³/mol. The number of fused-ring (bicyclic) bond motifs is 1. The van der Waals surface area contributed by atoms with Gasteiger partial charge in [-0.25, -0.2) is 9.97 Å². The smallest absolute Gasteiger partial charge is 0.224 e. The minimum atomic E-state index is 0.240. The second-order valence-corrected chi connectivity index (χ2v) is 4.58. The maximum atomic E-state index is 5.88. The van der Waals surface area contributed by atoms with Gasteiger partial charge in [0.2, 0.25) is 5.28 Å². The van der Waals surface area contributed by atoms with Gasteiger partial charge in [0.25, 0.3) is 0 Å². The Balaban J connectivity index is 2.10. The van der Waals surface area contributed by atoms with Gasteiger partial charge in [0.15, 0.2) is 0 Å². The van der Waals surface area contributed by atoms with Crippen molar-refractivity contribution in [2.45, 2.75) is 18.8 Å². The van der Waals surface area contributed by atoms with Crippen molar-refractivity contribution in [3.05, 3.63) is 52.4 Å². The van der Waals surface area contributed by atoms with Crippen LogP contribution in [0, 0.1) is 0 Å². The molecule has 0 fully saturated rings. The number of halogens is 1. The fraction of sp³-hybridized carbons (Fsp3) is 0.231. The monoisotopic (exact) mass is 245 g/mol. The number of aromatic nitrogens is 2. The van der Waals surface area contributed by atoms with Crippen LogP contribution in [0.15, 0.2) is 30.3 Å². The van der Waals surface area contributed by atoms with E-state index in [4.69, 9.17) is 17.3 Å². The van der Waals surface area contributed by atoms with E-state index in [1.807, 2.05) is 18.2 Å². The Morgan fingerprint density at radius 3 is 2.71 bits per heavy atom. The van der Waals surface area contributed by atoms with Crippen molar-refractivity contribution in [3.8, 4) is 0 Å². The van der Waals surface area contributed by atoms with Crippen LogP contribution in [0.4, 0.5) is 5.82 Å². The van der Waals surface area contributed by atoms with E-state index in [1.165, 1.54) is 5.56 Å². The summed E-state index contributed by atoms with van der Waals surface area (Å²) in [6, 6.07) is 10.3. The molecule has 0 spiro atoms. The van der Waals surface area contributed by atoms with E-state index in [0.29, 0.717) is 11.7 Å². The first-order chi connectivity index (χ1) is 8.25. The molecule has 1 unspecified atom stereocenters. The van der Waals surface area contributed by atoms with Crippen LogP contribution in [0.3, 0.4) is 0 Å². The summed E-state index contributed by atoms with van der Waals surface area (Å²) in [5.41, 5.74) is 9.19. The molecule has 1 aliphatic rings. The molecule has 1 aromatic heterocycles. The first-order valence-corrected chi connectivity index (χ1v) is 6.00. The highest BCUT2D eigenvalue weighted by Gasteiger charge is 2.28. The van der Waals surface area contributed by atoms with E-state index in [9.17, 15) is 0 Å². The highest BCUT2D eigenvalue weighted by atomic mass is 35.5. The van der Waals surface area contributed by atoms with Gasteiger partial charge in [0.05, 0.1) is 5.69 Å². The van der Waals surface area contributed by atoms with Gasteiger partial charge in [-0.1, -0.05) is 30.3 Å². The molecule has 1 atom stereocenters. The number of anilines is 1. The Morgan fingerprint density at radius 2 is 1.94 bits per heavy atom. The molecule has 1 aliphatic carbocycles. The van der Waals surface area contributed by atoms with Crippen LogP contribution in [0.5, 0.6) is 0 Å². The molecule has 1 aromatic carbocycles. The van der Waals surface area contributed by atoms with E-state index < -0.39 is 0 Å². The highest BCUT2D eigenvalue weighted by molar-refractivity contribution is 6.28. The van der Waals surface area contributed by atoms with Crippen molar-refractivity contribution < 1.29 is 0 Å². The highest BCUT2D eigenvalue weighted by Crippen LogP contribution is 2.38. The SMILES string of the molecule is Nc1nc(Cl)nc2c1CCC2c1ccccc1. The third-order valence-electron chi connectivity index (χ3n) is 3.26. The van der Waals surface area contributed by atoms with E-state index in [2.05, 4.69) is 22.1 Å². The number of nitrogen functional groups attached to an aromatic ring is 1. The molecular weight excluding hydrogens is 234 g/mol. The van der Waals surface area contributed by atoms with E-state index in [1.54, 1.807) is 0 Å². The molecule has 0 radical (unpaired) electrons. The lowest BCUT2D eigenvalue weighted by Crippen LogP contribution is -2.03. The van der Waals surface area contributed by atoms with Crippen molar-refractivity contribution >= 4 is 17.4 Å². The molecule has 3 nitrogen and oxygen atoms in total. The number of hydrogen-bond acceptors (Lipinski definition) is 3.